The van der Waals surface area contributed by atoms with Crippen molar-refractivity contribution in [2.24, 2.45) is 0 Å². The van der Waals surface area contributed by atoms with Crippen LogP contribution in [0.4, 0.5) is 0 Å². The number of nitrogens with zero attached hydrogens (tertiary/aromatic N) is 2. The molecule has 3 rings (SSSR count). The number of hydrogen-bond donors (Lipinski definition) is 0. The maximum Gasteiger partial charge on any atom is 0.127 e. The Balaban J connectivity index is 1.88. The Bertz CT molecular complexity index is 704. The molecule has 3 heteroatoms. The first kappa shape index (κ1) is 12.2. The Kier molecular flexibility index (Phi) is 3.47. The monoisotopic (exact) mass is 266 g/mol. The summed E-state index contributed by atoms with van der Waals surface area (Å²) in [6.45, 7) is 2.14. The van der Waals surface area contributed by atoms with Crippen molar-refractivity contribution < 1.29 is 0 Å². The largest absolute Gasteiger partial charge is 0.157 e. The molecular weight excluding hydrogens is 252 g/mol. The summed E-state index contributed by atoms with van der Waals surface area (Å²) in [4.78, 5) is 0. The number of rotatable bonds is 3. The van der Waals surface area contributed by atoms with E-state index in [1.807, 2.05) is 18.3 Å². The Hall–Kier alpha value is -1.87. The van der Waals surface area contributed by atoms with E-state index < -0.39 is 0 Å². The highest BCUT2D eigenvalue weighted by Crippen LogP contribution is 2.28. The number of thioether (sulfide) groups is 1. The standard InChI is InChI=1S/C16H14N2S/c1-12-6-2-3-8-14(12)11-19-16-15-9-5-4-7-13(15)10-17-18-16/h2-10H,11H2,1H3. The minimum atomic E-state index is 0.926. The first-order valence-electron chi connectivity index (χ1n) is 6.22. The number of fused-ring (bicyclic) bond motifs is 1. The fourth-order valence-corrected chi connectivity index (χ4v) is 3.09. The maximum atomic E-state index is 4.26. The predicted octanol–water partition coefficient (Wildman–Crippen LogP) is 4.23. The van der Waals surface area contributed by atoms with Crippen molar-refractivity contribution in [1.29, 1.82) is 0 Å². The highest BCUT2D eigenvalue weighted by atomic mass is 32.2. The summed E-state index contributed by atoms with van der Waals surface area (Å²) in [6.07, 6.45) is 1.81. The second kappa shape index (κ2) is 5.41. The molecule has 1 aromatic heterocycles. The topological polar surface area (TPSA) is 25.8 Å². The molecule has 0 atom stereocenters. The minimum Gasteiger partial charge on any atom is -0.157 e. The van der Waals surface area contributed by atoms with Gasteiger partial charge in [-0.05, 0) is 18.1 Å². The summed E-state index contributed by atoms with van der Waals surface area (Å²) < 4.78 is 0. The zero-order valence-electron chi connectivity index (χ0n) is 10.7. The molecule has 3 aromatic rings. The van der Waals surface area contributed by atoms with Crippen molar-refractivity contribution in [3.05, 3.63) is 65.9 Å². The first-order valence-corrected chi connectivity index (χ1v) is 7.21. The van der Waals surface area contributed by atoms with Gasteiger partial charge in [-0.3, -0.25) is 0 Å². The van der Waals surface area contributed by atoms with E-state index in [1.54, 1.807) is 11.8 Å². The van der Waals surface area contributed by atoms with Crippen LogP contribution in [-0.2, 0) is 5.75 Å². The van der Waals surface area contributed by atoms with Gasteiger partial charge in [-0.25, -0.2) is 0 Å². The van der Waals surface area contributed by atoms with Crippen LogP contribution in [0.25, 0.3) is 10.8 Å². The summed E-state index contributed by atoms with van der Waals surface area (Å²) in [5.74, 6) is 0.926. The Morgan fingerprint density at radius 2 is 1.79 bits per heavy atom. The average molecular weight is 266 g/mol. The molecule has 2 nitrogen and oxygen atoms in total. The van der Waals surface area contributed by atoms with Crippen molar-refractivity contribution in [2.75, 3.05) is 0 Å². The van der Waals surface area contributed by atoms with Crippen molar-refractivity contribution in [3.8, 4) is 0 Å². The average Bonchev–Trinajstić information content (AvgIpc) is 2.46. The second-order valence-electron chi connectivity index (χ2n) is 4.45. The van der Waals surface area contributed by atoms with Crippen molar-refractivity contribution >= 4 is 22.5 Å². The molecule has 0 radical (unpaired) electrons. The fraction of sp³-hybridized carbons (Fsp3) is 0.125. The van der Waals surface area contributed by atoms with Crippen LogP contribution in [0, 0.1) is 6.92 Å². The molecule has 0 spiro atoms. The number of aromatic nitrogens is 2. The van der Waals surface area contributed by atoms with E-state index in [4.69, 9.17) is 0 Å². The molecule has 0 saturated carbocycles. The van der Waals surface area contributed by atoms with Gasteiger partial charge in [0.1, 0.15) is 5.03 Å². The van der Waals surface area contributed by atoms with Crippen LogP contribution in [0.5, 0.6) is 0 Å². The maximum absolute atomic E-state index is 4.26. The first-order chi connectivity index (χ1) is 9.34. The van der Waals surface area contributed by atoms with Gasteiger partial charge in [-0.15, -0.1) is 5.10 Å². The third-order valence-corrected chi connectivity index (χ3v) is 4.19. The molecule has 0 N–H and O–H groups in total. The quantitative estimate of drug-likeness (QED) is 0.663. The molecule has 19 heavy (non-hydrogen) atoms. The lowest BCUT2D eigenvalue weighted by Crippen LogP contribution is -1.90. The molecule has 0 fully saturated rings. The van der Waals surface area contributed by atoms with Gasteiger partial charge in [-0.1, -0.05) is 60.3 Å². The van der Waals surface area contributed by atoms with Crippen LogP contribution in [0.3, 0.4) is 0 Å². The lowest BCUT2D eigenvalue weighted by molar-refractivity contribution is 0.955. The Labute approximate surface area is 116 Å². The number of hydrogen-bond acceptors (Lipinski definition) is 3. The normalized spacial score (nSPS) is 10.8. The highest BCUT2D eigenvalue weighted by molar-refractivity contribution is 7.98. The van der Waals surface area contributed by atoms with Crippen molar-refractivity contribution in [3.63, 3.8) is 0 Å². The van der Waals surface area contributed by atoms with Gasteiger partial charge in [0.25, 0.3) is 0 Å². The Morgan fingerprint density at radius 3 is 2.68 bits per heavy atom. The molecule has 0 unspecified atom stereocenters. The van der Waals surface area contributed by atoms with Crippen LogP contribution < -0.4 is 0 Å². The van der Waals surface area contributed by atoms with Crippen LogP contribution in [-0.4, -0.2) is 10.2 Å². The summed E-state index contributed by atoms with van der Waals surface area (Å²) in [5.41, 5.74) is 2.67. The minimum absolute atomic E-state index is 0.926. The van der Waals surface area contributed by atoms with Crippen LogP contribution in [0.1, 0.15) is 11.1 Å². The number of benzene rings is 2. The Morgan fingerprint density at radius 1 is 1.00 bits per heavy atom. The van der Waals surface area contributed by atoms with Crippen LogP contribution >= 0.6 is 11.8 Å². The fourth-order valence-electron chi connectivity index (χ4n) is 2.03. The molecule has 0 aliphatic rings. The molecule has 0 amide bonds. The lowest BCUT2D eigenvalue weighted by Gasteiger charge is -2.06. The van der Waals surface area contributed by atoms with E-state index >= 15 is 0 Å². The zero-order chi connectivity index (χ0) is 13.1. The van der Waals surface area contributed by atoms with E-state index in [-0.39, 0.29) is 0 Å². The molecular formula is C16H14N2S. The van der Waals surface area contributed by atoms with Crippen molar-refractivity contribution in [2.45, 2.75) is 17.7 Å². The van der Waals surface area contributed by atoms with E-state index in [0.29, 0.717) is 0 Å². The van der Waals surface area contributed by atoms with Gasteiger partial charge in [0.05, 0.1) is 6.20 Å². The summed E-state index contributed by atoms with van der Waals surface area (Å²) in [5, 5.41) is 11.7. The van der Waals surface area contributed by atoms with E-state index in [0.717, 1.165) is 16.2 Å². The summed E-state index contributed by atoms with van der Waals surface area (Å²) in [6, 6.07) is 16.7. The molecule has 0 bridgehead atoms. The molecule has 1 heterocycles. The van der Waals surface area contributed by atoms with E-state index in [9.17, 15) is 0 Å². The molecule has 0 saturated heterocycles. The second-order valence-corrected chi connectivity index (χ2v) is 5.42. The SMILES string of the molecule is Cc1ccccc1CSc1nncc2ccccc12. The predicted molar refractivity (Wildman–Crippen MR) is 80.3 cm³/mol. The zero-order valence-corrected chi connectivity index (χ0v) is 11.5. The van der Waals surface area contributed by atoms with Crippen LogP contribution in [0.15, 0.2) is 59.8 Å². The van der Waals surface area contributed by atoms with Gasteiger partial charge in [0.15, 0.2) is 0 Å². The highest BCUT2D eigenvalue weighted by Gasteiger charge is 2.05. The molecule has 0 aliphatic heterocycles. The smallest absolute Gasteiger partial charge is 0.127 e. The van der Waals surface area contributed by atoms with Crippen LogP contribution in [0.2, 0.25) is 0 Å². The lowest BCUT2D eigenvalue weighted by atomic mass is 10.1. The van der Waals surface area contributed by atoms with Crippen molar-refractivity contribution in [1.82, 2.24) is 10.2 Å². The molecule has 0 aliphatic carbocycles. The third kappa shape index (κ3) is 2.61. The van der Waals surface area contributed by atoms with Gasteiger partial charge in [0, 0.05) is 16.5 Å². The van der Waals surface area contributed by atoms with Gasteiger partial charge >= 0.3 is 0 Å². The summed E-state index contributed by atoms with van der Waals surface area (Å²) in [7, 11) is 0. The molecule has 2 aromatic carbocycles. The summed E-state index contributed by atoms with van der Waals surface area (Å²) >= 11 is 1.74. The van der Waals surface area contributed by atoms with Gasteiger partial charge in [-0.2, -0.15) is 5.10 Å². The van der Waals surface area contributed by atoms with E-state index in [1.165, 1.54) is 16.5 Å². The van der Waals surface area contributed by atoms with Gasteiger partial charge in [0.2, 0.25) is 0 Å². The van der Waals surface area contributed by atoms with Gasteiger partial charge < -0.3 is 0 Å². The number of aryl methyl sites for hydroxylation is 1. The van der Waals surface area contributed by atoms with E-state index in [2.05, 4.69) is 53.5 Å². The molecule has 94 valence electrons. The third-order valence-electron chi connectivity index (χ3n) is 3.16.